The minimum absolute atomic E-state index is 0.0875. The summed E-state index contributed by atoms with van der Waals surface area (Å²) in [6.07, 6.45) is 1.91. The van der Waals surface area contributed by atoms with Crippen LogP contribution in [0.15, 0.2) is 24.3 Å². The highest BCUT2D eigenvalue weighted by Gasteiger charge is 2.24. The van der Waals surface area contributed by atoms with Gasteiger partial charge in [0.1, 0.15) is 0 Å². The van der Waals surface area contributed by atoms with Gasteiger partial charge in [-0.1, -0.05) is 17.7 Å². The normalized spacial score (nSPS) is 15.7. The first-order valence-electron chi connectivity index (χ1n) is 6.04. The molecule has 1 aliphatic heterocycles. The fraction of sp³-hybridized carbons (Fsp3) is 0.133. The zero-order valence-electron chi connectivity index (χ0n) is 10.7. The van der Waals surface area contributed by atoms with Crippen LogP contribution in [0, 0.1) is 13.8 Å². The lowest BCUT2D eigenvalue weighted by Gasteiger charge is -1.98. The largest absolute Gasteiger partial charge is 0.362 e. The van der Waals surface area contributed by atoms with Crippen LogP contribution in [0.5, 0.6) is 0 Å². The molecule has 0 unspecified atom stereocenters. The fourth-order valence-corrected chi connectivity index (χ4v) is 2.53. The van der Waals surface area contributed by atoms with Gasteiger partial charge < -0.3 is 10.3 Å². The zero-order chi connectivity index (χ0) is 13.6. The Hall–Kier alpha value is -2.00. The van der Waals surface area contributed by atoms with E-state index in [1.54, 1.807) is 12.1 Å². The number of benzene rings is 1. The first-order chi connectivity index (χ1) is 9.04. The van der Waals surface area contributed by atoms with Crippen molar-refractivity contribution in [2.75, 3.05) is 5.32 Å². The van der Waals surface area contributed by atoms with Crippen LogP contribution in [0.3, 0.4) is 0 Å². The quantitative estimate of drug-likeness (QED) is 0.763. The van der Waals surface area contributed by atoms with E-state index in [1.807, 2.05) is 32.1 Å². The molecule has 0 atom stereocenters. The summed E-state index contributed by atoms with van der Waals surface area (Å²) in [5.41, 5.74) is 5.51. The summed E-state index contributed by atoms with van der Waals surface area (Å²) in [5.74, 6) is -0.0875. The second-order valence-corrected chi connectivity index (χ2v) is 5.17. The van der Waals surface area contributed by atoms with Gasteiger partial charge >= 0.3 is 0 Å². The average molecular weight is 273 g/mol. The number of aryl methyl sites for hydroxylation is 2. The minimum atomic E-state index is -0.0875. The second kappa shape index (κ2) is 4.28. The molecule has 0 aliphatic carbocycles. The van der Waals surface area contributed by atoms with Crippen LogP contribution in [0.4, 0.5) is 5.69 Å². The molecule has 96 valence electrons. The summed E-state index contributed by atoms with van der Waals surface area (Å²) in [4.78, 5) is 15.3. The Kier molecular flexibility index (Phi) is 2.72. The first kappa shape index (κ1) is 12.1. The van der Waals surface area contributed by atoms with Crippen LogP contribution < -0.4 is 5.32 Å². The third-order valence-corrected chi connectivity index (χ3v) is 3.49. The predicted molar refractivity (Wildman–Crippen MR) is 78.2 cm³/mol. The van der Waals surface area contributed by atoms with E-state index in [-0.39, 0.29) is 5.91 Å². The van der Waals surface area contributed by atoms with Crippen molar-refractivity contribution in [2.45, 2.75) is 13.8 Å². The van der Waals surface area contributed by atoms with E-state index in [0.29, 0.717) is 10.6 Å². The lowest BCUT2D eigenvalue weighted by molar-refractivity contribution is -0.110. The van der Waals surface area contributed by atoms with Gasteiger partial charge in [-0.15, -0.1) is 0 Å². The van der Waals surface area contributed by atoms with Gasteiger partial charge in [0.25, 0.3) is 5.91 Å². The summed E-state index contributed by atoms with van der Waals surface area (Å²) in [6, 6.07) is 7.47. The van der Waals surface area contributed by atoms with Crippen LogP contribution in [0.1, 0.15) is 22.5 Å². The maximum Gasteiger partial charge on any atom is 0.256 e. The van der Waals surface area contributed by atoms with E-state index in [9.17, 15) is 4.79 Å². The Morgan fingerprint density at radius 1 is 1.21 bits per heavy atom. The number of carbonyl (C=O) groups is 1. The van der Waals surface area contributed by atoms with Crippen molar-refractivity contribution in [3.05, 3.63) is 51.8 Å². The number of aromatic amines is 1. The van der Waals surface area contributed by atoms with Gasteiger partial charge in [0, 0.05) is 27.5 Å². The third-order valence-electron chi connectivity index (χ3n) is 3.25. The second-order valence-electron chi connectivity index (χ2n) is 4.73. The highest BCUT2D eigenvalue weighted by atomic mass is 35.5. The molecule has 1 aromatic heterocycles. The molecule has 1 aliphatic rings. The Bertz CT molecular complexity index is 713. The van der Waals surface area contributed by atoms with E-state index in [4.69, 9.17) is 11.6 Å². The van der Waals surface area contributed by atoms with Gasteiger partial charge in [0.2, 0.25) is 0 Å². The summed E-state index contributed by atoms with van der Waals surface area (Å²) in [6.45, 7) is 3.99. The molecule has 19 heavy (non-hydrogen) atoms. The molecule has 4 heteroatoms. The molecule has 2 aromatic rings. The fourth-order valence-electron chi connectivity index (χ4n) is 2.36. The molecular weight excluding hydrogens is 260 g/mol. The van der Waals surface area contributed by atoms with E-state index >= 15 is 0 Å². The van der Waals surface area contributed by atoms with E-state index in [1.165, 1.54) is 0 Å². The van der Waals surface area contributed by atoms with Crippen molar-refractivity contribution in [1.82, 2.24) is 4.98 Å². The predicted octanol–water partition coefficient (Wildman–Crippen LogP) is 3.78. The average Bonchev–Trinajstić information content (AvgIpc) is 2.80. The molecular formula is C15H13ClN2O. The topological polar surface area (TPSA) is 44.9 Å². The van der Waals surface area contributed by atoms with Crippen molar-refractivity contribution < 1.29 is 4.79 Å². The Balaban J connectivity index is 2.12. The molecule has 3 nitrogen and oxygen atoms in total. The van der Waals surface area contributed by atoms with E-state index < -0.39 is 0 Å². The van der Waals surface area contributed by atoms with Crippen molar-refractivity contribution >= 4 is 34.8 Å². The molecule has 0 saturated heterocycles. The number of amides is 1. The van der Waals surface area contributed by atoms with E-state index in [2.05, 4.69) is 10.3 Å². The van der Waals surface area contributed by atoms with Gasteiger partial charge in [-0.05, 0) is 43.7 Å². The Morgan fingerprint density at radius 3 is 2.68 bits per heavy atom. The summed E-state index contributed by atoms with van der Waals surface area (Å²) < 4.78 is 0. The van der Waals surface area contributed by atoms with Crippen molar-refractivity contribution in [1.29, 1.82) is 0 Å². The number of halogens is 1. The number of rotatable bonds is 1. The maximum atomic E-state index is 12.0. The Labute approximate surface area is 116 Å². The van der Waals surface area contributed by atoms with Crippen LogP contribution in [0.2, 0.25) is 5.02 Å². The van der Waals surface area contributed by atoms with Gasteiger partial charge in [0.15, 0.2) is 0 Å². The molecule has 0 spiro atoms. The van der Waals surface area contributed by atoms with Crippen LogP contribution in [-0.4, -0.2) is 10.9 Å². The number of hydrogen-bond acceptors (Lipinski definition) is 1. The molecule has 0 fully saturated rings. The summed E-state index contributed by atoms with van der Waals surface area (Å²) >= 11 is 5.93. The number of anilines is 1. The lowest BCUT2D eigenvalue weighted by atomic mass is 10.0. The highest BCUT2D eigenvalue weighted by Crippen LogP contribution is 2.35. The number of nitrogens with one attached hydrogen (secondary N) is 2. The van der Waals surface area contributed by atoms with Crippen molar-refractivity contribution in [3.8, 4) is 0 Å². The monoisotopic (exact) mass is 272 g/mol. The van der Waals surface area contributed by atoms with Gasteiger partial charge in [0.05, 0.1) is 5.69 Å². The van der Waals surface area contributed by atoms with Gasteiger partial charge in [-0.3, -0.25) is 4.79 Å². The summed E-state index contributed by atoms with van der Waals surface area (Å²) in [7, 11) is 0. The molecule has 2 N–H and O–H groups in total. The number of hydrogen-bond donors (Lipinski definition) is 2. The molecule has 3 rings (SSSR count). The van der Waals surface area contributed by atoms with Crippen molar-refractivity contribution in [2.24, 2.45) is 0 Å². The molecule has 0 bridgehead atoms. The molecule has 0 radical (unpaired) electrons. The van der Waals surface area contributed by atoms with Crippen molar-refractivity contribution in [3.63, 3.8) is 0 Å². The number of fused-ring (bicyclic) bond motifs is 1. The number of aromatic nitrogens is 1. The number of H-pyrrole nitrogens is 1. The van der Waals surface area contributed by atoms with E-state index in [0.717, 1.165) is 28.2 Å². The lowest BCUT2D eigenvalue weighted by Crippen LogP contribution is -2.03. The SMILES string of the molecule is Cc1cc(/C=C2\C(=O)Nc3cc(Cl)ccc32)c(C)[nH]1. The molecule has 1 aromatic carbocycles. The Morgan fingerprint density at radius 2 is 2.00 bits per heavy atom. The summed E-state index contributed by atoms with van der Waals surface area (Å²) in [5, 5.41) is 3.45. The standard InChI is InChI=1S/C15H13ClN2O/c1-8-5-10(9(2)17-8)6-13-12-4-3-11(16)7-14(12)18-15(13)19/h3-7,17H,1-2H3,(H,18,19)/b13-6-. The van der Waals surface area contributed by atoms with Crippen LogP contribution in [-0.2, 0) is 4.79 Å². The van der Waals surface area contributed by atoms with Gasteiger partial charge in [-0.25, -0.2) is 0 Å². The van der Waals surface area contributed by atoms with Gasteiger partial charge in [-0.2, -0.15) is 0 Å². The zero-order valence-corrected chi connectivity index (χ0v) is 11.4. The number of carbonyl (C=O) groups excluding carboxylic acids is 1. The maximum absolute atomic E-state index is 12.0. The third kappa shape index (κ3) is 2.06. The van der Waals surface area contributed by atoms with Crippen LogP contribution >= 0.6 is 11.6 Å². The molecule has 0 saturated carbocycles. The van der Waals surface area contributed by atoms with Crippen LogP contribution in [0.25, 0.3) is 11.6 Å². The smallest absolute Gasteiger partial charge is 0.256 e. The molecule has 1 amide bonds. The molecule has 2 heterocycles. The first-order valence-corrected chi connectivity index (χ1v) is 6.41. The highest BCUT2D eigenvalue weighted by molar-refractivity contribution is 6.36. The minimum Gasteiger partial charge on any atom is -0.362 e.